The number of carbonyl (C=O) groups is 2. The highest BCUT2D eigenvalue weighted by atomic mass is 16.5. The van der Waals surface area contributed by atoms with E-state index in [1.165, 1.54) is 0 Å². The van der Waals surface area contributed by atoms with Crippen LogP contribution in [-0.4, -0.2) is 23.5 Å². The molecule has 1 aromatic rings. The van der Waals surface area contributed by atoms with Crippen LogP contribution in [0.15, 0.2) is 18.2 Å². The molecule has 0 amide bonds. The minimum Gasteiger partial charge on any atom is -0.493 e. The number of carbonyl (C=O) groups excluding carboxylic acids is 1. The van der Waals surface area contributed by atoms with Gasteiger partial charge in [0, 0.05) is 11.8 Å². The Labute approximate surface area is 124 Å². The molecule has 1 fully saturated rings. The molecular formula is C17H20O4. The smallest absolute Gasteiger partial charge is 0.310 e. The number of ether oxygens (including phenoxy) is 1. The molecule has 0 radical (unpaired) electrons. The fraction of sp³-hybridized carbons (Fsp3) is 0.529. The molecule has 1 heterocycles. The van der Waals surface area contributed by atoms with Crippen molar-refractivity contribution in [3.05, 3.63) is 29.3 Å². The number of fused-ring (bicyclic) bond motifs is 2. The monoisotopic (exact) mass is 288 g/mol. The summed E-state index contributed by atoms with van der Waals surface area (Å²) in [6.07, 6.45) is 4.26. The first kappa shape index (κ1) is 14.1. The van der Waals surface area contributed by atoms with Gasteiger partial charge in [0.1, 0.15) is 5.75 Å². The maximum Gasteiger partial charge on any atom is 0.310 e. The molecule has 0 aromatic heterocycles. The molecule has 0 bridgehead atoms. The third-order valence-electron chi connectivity index (χ3n) is 4.84. The van der Waals surface area contributed by atoms with Gasteiger partial charge in [-0.25, -0.2) is 0 Å². The summed E-state index contributed by atoms with van der Waals surface area (Å²) in [4.78, 5) is 23.8. The molecule has 1 aliphatic heterocycles. The fourth-order valence-corrected chi connectivity index (χ4v) is 3.42. The van der Waals surface area contributed by atoms with Crippen LogP contribution >= 0.6 is 0 Å². The first-order chi connectivity index (χ1) is 10.1. The van der Waals surface area contributed by atoms with Crippen molar-refractivity contribution in [1.29, 1.82) is 0 Å². The van der Waals surface area contributed by atoms with E-state index in [4.69, 9.17) is 9.84 Å². The number of aliphatic carboxylic acids is 1. The van der Waals surface area contributed by atoms with E-state index in [1.54, 1.807) is 25.1 Å². The molecule has 1 N–H and O–H groups in total. The quantitative estimate of drug-likeness (QED) is 0.907. The van der Waals surface area contributed by atoms with E-state index >= 15 is 0 Å². The Morgan fingerprint density at radius 1 is 1.33 bits per heavy atom. The molecule has 3 rings (SSSR count). The molecule has 1 aromatic carbocycles. The molecule has 3 atom stereocenters. The maximum absolute atomic E-state index is 12.7. The van der Waals surface area contributed by atoms with Gasteiger partial charge in [-0.05, 0) is 37.5 Å². The van der Waals surface area contributed by atoms with Gasteiger partial charge in [-0.2, -0.15) is 0 Å². The van der Waals surface area contributed by atoms with E-state index in [0.717, 1.165) is 25.7 Å². The SMILES string of the molecule is CC(C(=O)O)c1ccc2c(c1)OC[C@H]1CCCC[C@H]1C2=O. The zero-order valence-electron chi connectivity index (χ0n) is 12.2. The predicted molar refractivity (Wildman–Crippen MR) is 77.8 cm³/mol. The van der Waals surface area contributed by atoms with Crippen molar-refractivity contribution in [1.82, 2.24) is 0 Å². The third-order valence-corrected chi connectivity index (χ3v) is 4.84. The van der Waals surface area contributed by atoms with Crippen LogP contribution in [0, 0.1) is 11.8 Å². The number of hydrogen-bond acceptors (Lipinski definition) is 3. The second-order valence-corrected chi connectivity index (χ2v) is 6.14. The molecule has 2 aliphatic rings. The summed E-state index contributed by atoms with van der Waals surface area (Å²) in [5.74, 6) is -0.369. The standard InChI is InChI=1S/C17H20O4/c1-10(17(19)20)11-6-7-14-15(8-11)21-9-12-4-2-3-5-13(12)16(14)18/h6-8,10,12-13H,2-5,9H2,1H3,(H,19,20)/t10?,12-,13-/m1/s1. The highest BCUT2D eigenvalue weighted by Crippen LogP contribution is 2.38. The number of carboxylic acid groups (broad SMARTS) is 1. The Balaban J connectivity index is 1.95. The van der Waals surface area contributed by atoms with Gasteiger partial charge < -0.3 is 9.84 Å². The molecule has 0 saturated heterocycles. The van der Waals surface area contributed by atoms with Gasteiger partial charge in [-0.1, -0.05) is 18.9 Å². The van der Waals surface area contributed by atoms with E-state index in [1.807, 2.05) is 0 Å². The lowest BCUT2D eigenvalue weighted by atomic mass is 9.76. The Hall–Kier alpha value is -1.84. The summed E-state index contributed by atoms with van der Waals surface area (Å²) in [6.45, 7) is 2.21. The van der Waals surface area contributed by atoms with Crippen LogP contribution in [0.25, 0.3) is 0 Å². The van der Waals surface area contributed by atoms with Gasteiger partial charge in [-0.15, -0.1) is 0 Å². The number of rotatable bonds is 2. The topological polar surface area (TPSA) is 63.6 Å². The average molecular weight is 288 g/mol. The molecular weight excluding hydrogens is 268 g/mol. The largest absolute Gasteiger partial charge is 0.493 e. The summed E-state index contributed by atoms with van der Waals surface area (Å²) in [7, 11) is 0. The summed E-state index contributed by atoms with van der Waals surface area (Å²) < 4.78 is 5.85. The van der Waals surface area contributed by atoms with Crippen LogP contribution in [0.2, 0.25) is 0 Å². The Bertz CT molecular complexity index is 578. The van der Waals surface area contributed by atoms with Gasteiger partial charge in [0.15, 0.2) is 5.78 Å². The van der Waals surface area contributed by atoms with Crippen LogP contribution in [0.3, 0.4) is 0 Å². The van der Waals surface area contributed by atoms with E-state index in [2.05, 4.69) is 0 Å². The lowest BCUT2D eigenvalue weighted by Gasteiger charge is -2.27. The van der Waals surface area contributed by atoms with Crippen LogP contribution in [-0.2, 0) is 4.79 Å². The summed E-state index contributed by atoms with van der Waals surface area (Å²) in [5, 5.41) is 9.11. The highest BCUT2D eigenvalue weighted by Gasteiger charge is 2.36. The van der Waals surface area contributed by atoms with Crippen LogP contribution in [0.4, 0.5) is 0 Å². The van der Waals surface area contributed by atoms with Crippen molar-refractivity contribution in [3.63, 3.8) is 0 Å². The second kappa shape index (κ2) is 5.51. The minimum atomic E-state index is -0.872. The third kappa shape index (κ3) is 2.55. The average Bonchev–Trinajstić information content (AvgIpc) is 2.64. The maximum atomic E-state index is 12.7. The Morgan fingerprint density at radius 3 is 2.86 bits per heavy atom. The number of hydrogen-bond donors (Lipinski definition) is 1. The zero-order chi connectivity index (χ0) is 15.0. The Morgan fingerprint density at radius 2 is 2.10 bits per heavy atom. The van der Waals surface area contributed by atoms with Crippen LogP contribution in [0.5, 0.6) is 5.75 Å². The van der Waals surface area contributed by atoms with E-state index < -0.39 is 11.9 Å². The molecule has 112 valence electrons. The lowest BCUT2D eigenvalue weighted by Crippen LogP contribution is -2.28. The highest BCUT2D eigenvalue weighted by molar-refractivity contribution is 6.01. The number of carboxylic acids is 1. The van der Waals surface area contributed by atoms with E-state index in [0.29, 0.717) is 29.4 Å². The van der Waals surface area contributed by atoms with Gasteiger partial charge in [0.25, 0.3) is 0 Å². The van der Waals surface area contributed by atoms with Crippen molar-refractivity contribution in [2.45, 2.75) is 38.5 Å². The van der Waals surface area contributed by atoms with Gasteiger partial charge in [-0.3, -0.25) is 9.59 Å². The lowest BCUT2D eigenvalue weighted by molar-refractivity contribution is -0.138. The normalized spacial score (nSPS) is 26.0. The van der Waals surface area contributed by atoms with Crippen molar-refractivity contribution in [2.75, 3.05) is 6.61 Å². The van der Waals surface area contributed by atoms with E-state index in [-0.39, 0.29) is 11.7 Å². The van der Waals surface area contributed by atoms with Crippen molar-refractivity contribution in [3.8, 4) is 5.75 Å². The zero-order valence-corrected chi connectivity index (χ0v) is 12.2. The van der Waals surface area contributed by atoms with E-state index in [9.17, 15) is 9.59 Å². The number of benzene rings is 1. The molecule has 1 unspecified atom stereocenters. The Kier molecular flexibility index (Phi) is 3.70. The predicted octanol–water partition coefficient (Wildman–Crippen LogP) is 3.26. The summed E-state index contributed by atoms with van der Waals surface area (Å²) in [5.41, 5.74) is 1.30. The van der Waals surface area contributed by atoms with Crippen molar-refractivity contribution >= 4 is 11.8 Å². The number of ketones is 1. The number of Topliss-reactive ketones (excluding diaryl/α,β-unsaturated/α-hetero) is 1. The van der Waals surface area contributed by atoms with Crippen molar-refractivity contribution < 1.29 is 19.4 Å². The summed E-state index contributed by atoms with van der Waals surface area (Å²) in [6, 6.07) is 5.20. The van der Waals surface area contributed by atoms with Crippen LogP contribution < -0.4 is 4.74 Å². The second-order valence-electron chi connectivity index (χ2n) is 6.14. The molecule has 1 saturated carbocycles. The molecule has 21 heavy (non-hydrogen) atoms. The molecule has 0 spiro atoms. The fourth-order valence-electron chi connectivity index (χ4n) is 3.42. The minimum absolute atomic E-state index is 0.0720. The molecule has 1 aliphatic carbocycles. The summed E-state index contributed by atoms with van der Waals surface area (Å²) >= 11 is 0. The first-order valence-electron chi connectivity index (χ1n) is 7.61. The van der Waals surface area contributed by atoms with Crippen molar-refractivity contribution in [2.24, 2.45) is 11.8 Å². The van der Waals surface area contributed by atoms with Gasteiger partial charge >= 0.3 is 5.97 Å². The van der Waals surface area contributed by atoms with Gasteiger partial charge in [0.2, 0.25) is 0 Å². The molecule has 4 heteroatoms. The van der Waals surface area contributed by atoms with Crippen LogP contribution in [0.1, 0.15) is 54.4 Å². The molecule has 4 nitrogen and oxygen atoms in total. The first-order valence-corrected chi connectivity index (χ1v) is 7.61. The van der Waals surface area contributed by atoms with Gasteiger partial charge in [0.05, 0.1) is 18.1 Å².